The maximum absolute atomic E-state index is 11.9. The van der Waals surface area contributed by atoms with E-state index in [2.05, 4.69) is 21.2 Å². The molecule has 1 aromatic rings. The van der Waals surface area contributed by atoms with Gasteiger partial charge in [-0.15, -0.1) is 0 Å². The van der Waals surface area contributed by atoms with Crippen LogP contribution in [0.3, 0.4) is 0 Å². The molecule has 17 heavy (non-hydrogen) atoms. The molecular formula is C13H16BrNOS. The highest BCUT2D eigenvalue weighted by Gasteiger charge is 2.15. The lowest BCUT2D eigenvalue weighted by molar-refractivity contribution is 0.0953. The van der Waals surface area contributed by atoms with Gasteiger partial charge < -0.3 is 5.32 Å². The molecule has 0 bridgehead atoms. The Morgan fingerprint density at radius 3 is 3.06 bits per heavy atom. The molecule has 2 nitrogen and oxygen atoms in total. The fraction of sp³-hybridized carbons (Fsp3) is 0.462. The van der Waals surface area contributed by atoms with Gasteiger partial charge in [0.15, 0.2) is 0 Å². The number of thioether (sulfide) groups is 1. The van der Waals surface area contributed by atoms with E-state index in [1.165, 1.54) is 25.0 Å². The quantitative estimate of drug-likeness (QED) is 0.926. The number of halogens is 1. The van der Waals surface area contributed by atoms with Gasteiger partial charge in [-0.05, 0) is 36.8 Å². The zero-order chi connectivity index (χ0) is 12.1. The highest BCUT2D eigenvalue weighted by molar-refractivity contribution is 9.10. The standard InChI is InChI=1S/C13H16BrNOS/c14-11-5-3-4-10(8-11)13(16)15-9-12-6-1-2-7-17-12/h3-5,8,12H,1-2,6-7,9H2,(H,15,16). The third-order valence-corrected chi connectivity index (χ3v) is 4.74. The summed E-state index contributed by atoms with van der Waals surface area (Å²) >= 11 is 5.35. The smallest absolute Gasteiger partial charge is 0.251 e. The molecule has 2 rings (SSSR count). The molecule has 4 heteroatoms. The molecule has 1 amide bonds. The van der Waals surface area contributed by atoms with Crippen molar-refractivity contribution < 1.29 is 4.79 Å². The molecule has 1 atom stereocenters. The first-order valence-corrected chi connectivity index (χ1v) is 7.75. The van der Waals surface area contributed by atoms with Crippen LogP contribution in [0.4, 0.5) is 0 Å². The molecule has 0 saturated carbocycles. The number of rotatable bonds is 3. The van der Waals surface area contributed by atoms with Crippen LogP contribution >= 0.6 is 27.7 Å². The lowest BCUT2D eigenvalue weighted by Crippen LogP contribution is -2.31. The van der Waals surface area contributed by atoms with Gasteiger partial charge in [-0.1, -0.05) is 28.4 Å². The summed E-state index contributed by atoms with van der Waals surface area (Å²) in [6.45, 7) is 0.788. The Labute approximate surface area is 115 Å². The second-order valence-corrected chi connectivity index (χ2v) is 6.53. The van der Waals surface area contributed by atoms with Crippen molar-refractivity contribution in [3.8, 4) is 0 Å². The van der Waals surface area contributed by atoms with Crippen molar-refractivity contribution in [2.75, 3.05) is 12.3 Å². The summed E-state index contributed by atoms with van der Waals surface area (Å²) in [5, 5.41) is 3.61. The highest BCUT2D eigenvalue weighted by Crippen LogP contribution is 2.24. The Morgan fingerprint density at radius 2 is 2.35 bits per heavy atom. The maximum atomic E-state index is 11.9. The Morgan fingerprint density at radius 1 is 1.47 bits per heavy atom. The Bertz CT molecular complexity index is 391. The van der Waals surface area contributed by atoms with Gasteiger partial charge in [0.2, 0.25) is 0 Å². The number of nitrogens with one attached hydrogen (secondary N) is 1. The second-order valence-electron chi connectivity index (χ2n) is 4.21. The molecule has 1 N–H and O–H groups in total. The minimum atomic E-state index is 0.0254. The zero-order valence-electron chi connectivity index (χ0n) is 9.62. The average molecular weight is 314 g/mol. The largest absolute Gasteiger partial charge is 0.351 e. The van der Waals surface area contributed by atoms with E-state index in [0.29, 0.717) is 5.25 Å². The minimum absolute atomic E-state index is 0.0254. The molecule has 1 saturated heterocycles. The molecule has 1 fully saturated rings. The van der Waals surface area contributed by atoms with Crippen LogP contribution in [0, 0.1) is 0 Å². The average Bonchev–Trinajstić information content (AvgIpc) is 2.37. The van der Waals surface area contributed by atoms with Gasteiger partial charge in [0.25, 0.3) is 5.91 Å². The number of amides is 1. The molecule has 1 aliphatic heterocycles. The van der Waals surface area contributed by atoms with E-state index in [1.54, 1.807) is 0 Å². The summed E-state index contributed by atoms with van der Waals surface area (Å²) < 4.78 is 0.942. The van der Waals surface area contributed by atoms with Crippen molar-refractivity contribution in [1.29, 1.82) is 0 Å². The van der Waals surface area contributed by atoms with E-state index in [1.807, 2.05) is 36.0 Å². The van der Waals surface area contributed by atoms with Crippen LogP contribution < -0.4 is 5.32 Å². The van der Waals surface area contributed by atoms with Crippen LogP contribution in [-0.2, 0) is 0 Å². The number of carbonyl (C=O) groups excluding carboxylic acids is 1. The molecule has 1 aliphatic rings. The lowest BCUT2D eigenvalue weighted by atomic mass is 10.2. The number of hydrogen-bond acceptors (Lipinski definition) is 2. The van der Waals surface area contributed by atoms with Gasteiger partial charge >= 0.3 is 0 Å². The molecule has 0 spiro atoms. The SMILES string of the molecule is O=C(NCC1CCCCS1)c1cccc(Br)c1. The lowest BCUT2D eigenvalue weighted by Gasteiger charge is -2.21. The third kappa shape index (κ3) is 4.03. The Balaban J connectivity index is 1.84. The van der Waals surface area contributed by atoms with Crippen LogP contribution in [0.5, 0.6) is 0 Å². The predicted molar refractivity (Wildman–Crippen MR) is 76.6 cm³/mol. The summed E-state index contributed by atoms with van der Waals surface area (Å²) in [4.78, 5) is 11.9. The molecule has 1 heterocycles. The first-order chi connectivity index (χ1) is 8.25. The van der Waals surface area contributed by atoms with Crippen LogP contribution in [-0.4, -0.2) is 23.5 Å². The number of carbonyl (C=O) groups is 1. The topological polar surface area (TPSA) is 29.1 Å². The Hall–Kier alpha value is -0.480. The maximum Gasteiger partial charge on any atom is 0.251 e. The number of benzene rings is 1. The van der Waals surface area contributed by atoms with Crippen molar-refractivity contribution in [1.82, 2.24) is 5.32 Å². The summed E-state index contributed by atoms with van der Waals surface area (Å²) in [7, 11) is 0. The van der Waals surface area contributed by atoms with Crippen molar-refractivity contribution in [3.63, 3.8) is 0 Å². The monoisotopic (exact) mass is 313 g/mol. The molecule has 92 valence electrons. The van der Waals surface area contributed by atoms with E-state index in [4.69, 9.17) is 0 Å². The van der Waals surface area contributed by atoms with E-state index >= 15 is 0 Å². The fourth-order valence-corrected chi connectivity index (χ4v) is 3.54. The fourth-order valence-electron chi connectivity index (χ4n) is 1.91. The van der Waals surface area contributed by atoms with Gasteiger partial charge in [-0.3, -0.25) is 4.79 Å². The van der Waals surface area contributed by atoms with E-state index in [9.17, 15) is 4.79 Å². The number of hydrogen-bond donors (Lipinski definition) is 1. The highest BCUT2D eigenvalue weighted by atomic mass is 79.9. The summed E-state index contributed by atoms with van der Waals surface area (Å²) in [6, 6.07) is 7.50. The van der Waals surface area contributed by atoms with Gasteiger partial charge in [0.1, 0.15) is 0 Å². The first kappa shape index (κ1) is 13.0. The van der Waals surface area contributed by atoms with Gasteiger partial charge in [0.05, 0.1) is 0 Å². The summed E-state index contributed by atoms with van der Waals surface area (Å²) in [5.41, 5.74) is 0.722. The van der Waals surface area contributed by atoms with Crippen LogP contribution in [0.1, 0.15) is 29.6 Å². The van der Waals surface area contributed by atoms with Gasteiger partial charge in [-0.25, -0.2) is 0 Å². The van der Waals surface area contributed by atoms with Gasteiger partial charge in [-0.2, -0.15) is 11.8 Å². The van der Waals surface area contributed by atoms with E-state index in [-0.39, 0.29) is 5.91 Å². The van der Waals surface area contributed by atoms with Gasteiger partial charge in [0, 0.05) is 21.8 Å². The second kappa shape index (κ2) is 6.45. The molecule has 1 aromatic carbocycles. The van der Waals surface area contributed by atoms with Crippen molar-refractivity contribution in [2.45, 2.75) is 24.5 Å². The Kier molecular flexibility index (Phi) is 4.92. The molecule has 0 aromatic heterocycles. The minimum Gasteiger partial charge on any atom is -0.351 e. The van der Waals surface area contributed by atoms with Crippen molar-refractivity contribution in [3.05, 3.63) is 34.3 Å². The van der Waals surface area contributed by atoms with Crippen molar-refractivity contribution >= 4 is 33.6 Å². The predicted octanol–water partition coefficient (Wildman–Crippen LogP) is 3.46. The molecule has 0 aliphatic carbocycles. The molecule has 0 radical (unpaired) electrons. The van der Waals surface area contributed by atoms with Crippen LogP contribution in [0.25, 0.3) is 0 Å². The summed E-state index contributed by atoms with van der Waals surface area (Å²) in [5.74, 6) is 1.26. The zero-order valence-corrected chi connectivity index (χ0v) is 12.0. The molecular weight excluding hydrogens is 298 g/mol. The van der Waals surface area contributed by atoms with E-state index < -0.39 is 0 Å². The third-order valence-electron chi connectivity index (χ3n) is 2.85. The van der Waals surface area contributed by atoms with E-state index in [0.717, 1.165) is 16.6 Å². The van der Waals surface area contributed by atoms with Crippen LogP contribution in [0.2, 0.25) is 0 Å². The van der Waals surface area contributed by atoms with Crippen LogP contribution in [0.15, 0.2) is 28.7 Å². The van der Waals surface area contributed by atoms with Crippen molar-refractivity contribution in [2.24, 2.45) is 0 Å². The normalized spacial score (nSPS) is 19.9. The molecule has 1 unspecified atom stereocenters. The first-order valence-electron chi connectivity index (χ1n) is 5.91. The summed E-state index contributed by atoms with van der Waals surface area (Å²) in [6.07, 6.45) is 3.84.